The lowest BCUT2D eigenvalue weighted by Gasteiger charge is -2.04. The molecular formula is C6H17NO. The van der Waals surface area contributed by atoms with Gasteiger partial charge in [-0.25, -0.2) is 0 Å². The van der Waals surface area contributed by atoms with E-state index in [9.17, 15) is 0 Å². The van der Waals surface area contributed by atoms with Crippen molar-refractivity contribution in [2.75, 3.05) is 14.1 Å². The van der Waals surface area contributed by atoms with Crippen molar-refractivity contribution in [3.05, 3.63) is 0 Å². The van der Waals surface area contributed by atoms with Crippen LogP contribution in [0.1, 0.15) is 20.8 Å². The summed E-state index contributed by atoms with van der Waals surface area (Å²) in [4.78, 5) is 0. The summed E-state index contributed by atoms with van der Waals surface area (Å²) in [6, 6.07) is 0. The minimum atomic E-state index is -0.500. The smallest absolute Gasteiger partial charge is 0.0563 e. The predicted octanol–water partition coefficient (Wildman–Crippen LogP) is 0.613. The molecule has 0 unspecified atom stereocenters. The fourth-order valence-electron chi connectivity index (χ4n) is 0. The molecule has 0 saturated carbocycles. The van der Waals surface area contributed by atoms with E-state index in [2.05, 4.69) is 5.32 Å². The molecule has 0 atom stereocenters. The number of hydrogen-bond acceptors (Lipinski definition) is 2. The third-order valence-corrected chi connectivity index (χ3v) is 0. The first-order valence-electron chi connectivity index (χ1n) is 2.72. The summed E-state index contributed by atoms with van der Waals surface area (Å²) in [5.74, 6) is 0. The van der Waals surface area contributed by atoms with Gasteiger partial charge in [0.2, 0.25) is 0 Å². The normalized spacial score (nSPS) is 9.75. The molecule has 0 radical (unpaired) electrons. The second-order valence-corrected chi connectivity index (χ2v) is 2.67. The molecule has 0 amide bonds. The van der Waals surface area contributed by atoms with Crippen molar-refractivity contribution in [3.63, 3.8) is 0 Å². The molecule has 0 rings (SSSR count). The lowest BCUT2D eigenvalue weighted by molar-refractivity contribution is 0.102. The Hall–Kier alpha value is -0.0800. The zero-order chi connectivity index (χ0) is 7.21. The highest BCUT2D eigenvalue weighted by atomic mass is 16.3. The molecule has 8 heavy (non-hydrogen) atoms. The van der Waals surface area contributed by atoms with Crippen molar-refractivity contribution >= 4 is 0 Å². The Bertz CT molecular complexity index is 32.3. The van der Waals surface area contributed by atoms with Crippen molar-refractivity contribution in [2.24, 2.45) is 0 Å². The van der Waals surface area contributed by atoms with Crippen LogP contribution in [0, 0.1) is 0 Å². The van der Waals surface area contributed by atoms with E-state index in [1.165, 1.54) is 0 Å². The number of rotatable bonds is 0. The van der Waals surface area contributed by atoms with Gasteiger partial charge in [-0.15, -0.1) is 0 Å². The van der Waals surface area contributed by atoms with Gasteiger partial charge in [-0.2, -0.15) is 0 Å². The summed E-state index contributed by atoms with van der Waals surface area (Å²) < 4.78 is 0. The third-order valence-electron chi connectivity index (χ3n) is 0. The maximum absolute atomic E-state index is 8.52. The molecule has 0 fully saturated rings. The van der Waals surface area contributed by atoms with Crippen LogP contribution in [0.5, 0.6) is 0 Å². The van der Waals surface area contributed by atoms with Crippen LogP contribution in [0.2, 0.25) is 0 Å². The molecule has 0 aromatic heterocycles. The summed E-state index contributed by atoms with van der Waals surface area (Å²) in [5, 5.41) is 11.3. The van der Waals surface area contributed by atoms with Crippen LogP contribution in [0.4, 0.5) is 0 Å². The molecule has 0 spiro atoms. The van der Waals surface area contributed by atoms with Gasteiger partial charge in [0, 0.05) is 0 Å². The summed E-state index contributed by atoms with van der Waals surface area (Å²) in [7, 11) is 3.75. The van der Waals surface area contributed by atoms with Gasteiger partial charge in [0.15, 0.2) is 0 Å². The Balaban J connectivity index is 0. The SMILES string of the molecule is CC(C)(C)O.CNC. The molecule has 0 bridgehead atoms. The van der Waals surface area contributed by atoms with E-state index < -0.39 is 5.60 Å². The number of hydrogen-bond donors (Lipinski definition) is 2. The zero-order valence-electron chi connectivity index (χ0n) is 6.45. The van der Waals surface area contributed by atoms with E-state index in [0.717, 1.165) is 0 Å². The van der Waals surface area contributed by atoms with Crippen molar-refractivity contribution in [2.45, 2.75) is 26.4 Å². The Morgan fingerprint density at radius 3 is 1.12 bits per heavy atom. The monoisotopic (exact) mass is 119 g/mol. The molecule has 0 aromatic rings. The Kier molecular flexibility index (Phi) is 6.85. The predicted molar refractivity (Wildman–Crippen MR) is 37.0 cm³/mol. The fourth-order valence-corrected chi connectivity index (χ4v) is 0. The lowest BCUT2D eigenvalue weighted by atomic mass is 10.2. The number of aliphatic hydroxyl groups is 1. The summed E-state index contributed by atoms with van der Waals surface area (Å²) in [6.07, 6.45) is 0. The Labute approximate surface area is 51.9 Å². The minimum absolute atomic E-state index is 0.500. The second kappa shape index (κ2) is 5.06. The topological polar surface area (TPSA) is 32.3 Å². The van der Waals surface area contributed by atoms with Gasteiger partial charge in [0.05, 0.1) is 5.60 Å². The highest BCUT2D eigenvalue weighted by Gasteiger charge is 1.97. The van der Waals surface area contributed by atoms with E-state index in [4.69, 9.17) is 5.11 Å². The highest BCUT2D eigenvalue weighted by molar-refractivity contribution is 4.50. The molecule has 0 aliphatic carbocycles. The van der Waals surface area contributed by atoms with E-state index in [-0.39, 0.29) is 0 Å². The van der Waals surface area contributed by atoms with Gasteiger partial charge < -0.3 is 10.4 Å². The van der Waals surface area contributed by atoms with Crippen LogP contribution < -0.4 is 5.32 Å². The van der Waals surface area contributed by atoms with Crippen LogP contribution in [0.3, 0.4) is 0 Å². The van der Waals surface area contributed by atoms with E-state index in [1.54, 1.807) is 20.8 Å². The van der Waals surface area contributed by atoms with Gasteiger partial charge >= 0.3 is 0 Å². The van der Waals surface area contributed by atoms with Gasteiger partial charge in [-0.05, 0) is 34.9 Å². The molecule has 2 heteroatoms. The molecule has 2 nitrogen and oxygen atoms in total. The Morgan fingerprint density at radius 1 is 1.12 bits per heavy atom. The van der Waals surface area contributed by atoms with Crippen molar-refractivity contribution < 1.29 is 5.11 Å². The molecule has 0 aliphatic rings. The summed E-state index contributed by atoms with van der Waals surface area (Å²) >= 11 is 0. The summed E-state index contributed by atoms with van der Waals surface area (Å²) in [6.45, 7) is 5.23. The van der Waals surface area contributed by atoms with Gasteiger partial charge in [-0.3, -0.25) is 0 Å². The van der Waals surface area contributed by atoms with Crippen molar-refractivity contribution in [3.8, 4) is 0 Å². The minimum Gasteiger partial charge on any atom is -0.391 e. The van der Waals surface area contributed by atoms with Gasteiger partial charge in [0.1, 0.15) is 0 Å². The van der Waals surface area contributed by atoms with Gasteiger partial charge in [-0.1, -0.05) is 0 Å². The van der Waals surface area contributed by atoms with Crippen LogP contribution in [0.25, 0.3) is 0 Å². The van der Waals surface area contributed by atoms with Crippen LogP contribution >= 0.6 is 0 Å². The van der Waals surface area contributed by atoms with E-state index in [0.29, 0.717) is 0 Å². The third kappa shape index (κ3) is 22400. The quantitative estimate of drug-likeness (QED) is 0.490. The van der Waals surface area contributed by atoms with Crippen LogP contribution in [-0.2, 0) is 0 Å². The van der Waals surface area contributed by atoms with E-state index in [1.807, 2.05) is 14.1 Å². The average molecular weight is 119 g/mol. The van der Waals surface area contributed by atoms with Crippen molar-refractivity contribution in [1.82, 2.24) is 5.32 Å². The van der Waals surface area contributed by atoms with Crippen LogP contribution in [0.15, 0.2) is 0 Å². The first kappa shape index (κ1) is 10.8. The van der Waals surface area contributed by atoms with Gasteiger partial charge in [0.25, 0.3) is 0 Å². The first-order chi connectivity index (χ1) is 3.41. The fraction of sp³-hybridized carbons (Fsp3) is 1.00. The molecule has 2 N–H and O–H groups in total. The van der Waals surface area contributed by atoms with E-state index >= 15 is 0 Å². The maximum Gasteiger partial charge on any atom is 0.0563 e. The number of nitrogens with one attached hydrogen (secondary N) is 1. The first-order valence-corrected chi connectivity index (χ1v) is 2.72. The van der Waals surface area contributed by atoms with Crippen LogP contribution in [-0.4, -0.2) is 24.8 Å². The molecule has 0 heterocycles. The molecular weight excluding hydrogens is 102 g/mol. The summed E-state index contributed by atoms with van der Waals surface area (Å²) in [5.41, 5.74) is -0.500. The lowest BCUT2D eigenvalue weighted by Crippen LogP contribution is -2.10. The molecule has 52 valence electrons. The average Bonchev–Trinajstić information content (AvgIpc) is 1.27. The maximum atomic E-state index is 8.52. The van der Waals surface area contributed by atoms with Crippen molar-refractivity contribution in [1.29, 1.82) is 0 Å². The second-order valence-electron chi connectivity index (χ2n) is 2.67. The molecule has 0 aromatic carbocycles. The molecule has 0 saturated heterocycles. The standard InChI is InChI=1S/C4H10O.C2H7N/c1-4(2,3)5;1-3-2/h5H,1-3H3;3H,1-2H3. The zero-order valence-corrected chi connectivity index (χ0v) is 6.45. The highest BCUT2D eigenvalue weighted by Crippen LogP contribution is 1.93. The Morgan fingerprint density at radius 2 is 1.12 bits per heavy atom. The molecule has 0 aliphatic heterocycles. The largest absolute Gasteiger partial charge is 0.391 e.